The van der Waals surface area contributed by atoms with Crippen LogP contribution in [0.15, 0.2) is 0 Å². The fourth-order valence-corrected chi connectivity index (χ4v) is 3.44. The third-order valence-electron chi connectivity index (χ3n) is 4.38. The SMILES string of the molecule is CCNC1(C#N)CCCC1CCN(CC)CC(C)C. The highest BCUT2D eigenvalue weighted by atomic mass is 15.1. The van der Waals surface area contributed by atoms with Gasteiger partial charge in [0.2, 0.25) is 0 Å². The first-order chi connectivity index (χ1) is 9.07. The average molecular weight is 265 g/mol. The van der Waals surface area contributed by atoms with Crippen molar-refractivity contribution in [3.05, 3.63) is 0 Å². The van der Waals surface area contributed by atoms with Crippen molar-refractivity contribution in [3.8, 4) is 6.07 Å². The number of rotatable bonds is 8. The molecule has 3 nitrogen and oxygen atoms in total. The van der Waals surface area contributed by atoms with Gasteiger partial charge in [0.05, 0.1) is 6.07 Å². The Kier molecular flexibility index (Phi) is 6.82. The van der Waals surface area contributed by atoms with Crippen molar-refractivity contribution >= 4 is 0 Å². The molecule has 0 aliphatic heterocycles. The van der Waals surface area contributed by atoms with Gasteiger partial charge in [-0.25, -0.2) is 0 Å². The van der Waals surface area contributed by atoms with Gasteiger partial charge in [-0.3, -0.25) is 5.32 Å². The monoisotopic (exact) mass is 265 g/mol. The van der Waals surface area contributed by atoms with Crippen LogP contribution in [0.2, 0.25) is 0 Å². The molecule has 0 aromatic rings. The second kappa shape index (κ2) is 7.87. The van der Waals surface area contributed by atoms with Crippen LogP contribution < -0.4 is 5.32 Å². The highest BCUT2D eigenvalue weighted by molar-refractivity contribution is 5.14. The summed E-state index contributed by atoms with van der Waals surface area (Å²) < 4.78 is 0. The lowest BCUT2D eigenvalue weighted by Gasteiger charge is -2.31. The smallest absolute Gasteiger partial charge is 0.109 e. The number of nitriles is 1. The first-order valence-corrected chi connectivity index (χ1v) is 7.96. The molecule has 2 unspecified atom stereocenters. The molecule has 1 aliphatic rings. The van der Waals surface area contributed by atoms with Crippen LogP contribution in [0.1, 0.15) is 53.4 Å². The van der Waals surface area contributed by atoms with Crippen molar-refractivity contribution in [2.45, 2.75) is 58.9 Å². The highest BCUT2D eigenvalue weighted by Crippen LogP contribution is 2.37. The summed E-state index contributed by atoms with van der Waals surface area (Å²) in [6, 6.07) is 2.58. The summed E-state index contributed by atoms with van der Waals surface area (Å²) in [4.78, 5) is 2.52. The van der Waals surface area contributed by atoms with Gasteiger partial charge < -0.3 is 4.90 Å². The summed E-state index contributed by atoms with van der Waals surface area (Å²) in [5.41, 5.74) is -0.244. The minimum absolute atomic E-state index is 0.244. The molecule has 0 saturated heterocycles. The maximum absolute atomic E-state index is 9.56. The molecule has 3 heteroatoms. The zero-order valence-electron chi connectivity index (χ0n) is 13.2. The maximum Gasteiger partial charge on any atom is 0.109 e. The average Bonchev–Trinajstić information content (AvgIpc) is 2.78. The van der Waals surface area contributed by atoms with Crippen molar-refractivity contribution in [2.75, 3.05) is 26.2 Å². The van der Waals surface area contributed by atoms with Gasteiger partial charge >= 0.3 is 0 Å². The summed E-state index contributed by atoms with van der Waals surface area (Å²) >= 11 is 0. The Labute approximate surface area is 119 Å². The minimum Gasteiger partial charge on any atom is -0.303 e. The lowest BCUT2D eigenvalue weighted by Crippen LogP contribution is -2.47. The molecule has 0 aromatic carbocycles. The molecule has 110 valence electrons. The molecular weight excluding hydrogens is 234 g/mol. The van der Waals surface area contributed by atoms with Crippen molar-refractivity contribution in [1.29, 1.82) is 5.26 Å². The van der Waals surface area contributed by atoms with Gasteiger partial charge in [0, 0.05) is 6.54 Å². The summed E-state index contributed by atoms with van der Waals surface area (Å²) in [7, 11) is 0. The van der Waals surface area contributed by atoms with E-state index in [0.717, 1.165) is 38.4 Å². The molecule has 0 radical (unpaired) electrons. The van der Waals surface area contributed by atoms with Gasteiger partial charge in [0.15, 0.2) is 0 Å². The second-order valence-corrected chi connectivity index (χ2v) is 6.28. The second-order valence-electron chi connectivity index (χ2n) is 6.28. The maximum atomic E-state index is 9.56. The van der Waals surface area contributed by atoms with E-state index >= 15 is 0 Å². The van der Waals surface area contributed by atoms with Gasteiger partial charge in [-0.15, -0.1) is 0 Å². The van der Waals surface area contributed by atoms with Crippen LogP contribution in [-0.4, -0.2) is 36.6 Å². The molecule has 1 N–H and O–H groups in total. The van der Waals surface area contributed by atoms with Gasteiger partial charge in [-0.05, 0) is 50.7 Å². The largest absolute Gasteiger partial charge is 0.303 e. The predicted molar refractivity (Wildman–Crippen MR) is 80.9 cm³/mol. The van der Waals surface area contributed by atoms with E-state index in [0.29, 0.717) is 5.92 Å². The molecule has 2 atom stereocenters. The molecule has 0 spiro atoms. The van der Waals surface area contributed by atoms with E-state index in [4.69, 9.17) is 0 Å². The lowest BCUT2D eigenvalue weighted by atomic mass is 9.85. The third-order valence-corrected chi connectivity index (χ3v) is 4.38. The molecule has 1 saturated carbocycles. The molecule has 1 aliphatic carbocycles. The van der Waals surface area contributed by atoms with Crippen molar-refractivity contribution in [2.24, 2.45) is 11.8 Å². The Hall–Kier alpha value is -0.590. The molecule has 19 heavy (non-hydrogen) atoms. The first-order valence-electron chi connectivity index (χ1n) is 7.96. The molecule has 1 fully saturated rings. The van der Waals surface area contributed by atoms with Crippen LogP contribution in [0, 0.1) is 23.2 Å². The van der Waals surface area contributed by atoms with Crippen LogP contribution in [0.3, 0.4) is 0 Å². The number of nitrogens with one attached hydrogen (secondary N) is 1. The van der Waals surface area contributed by atoms with E-state index in [1.807, 2.05) is 0 Å². The fourth-order valence-electron chi connectivity index (χ4n) is 3.44. The first kappa shape index (κ1) is 16.5. The Morgan fingerprint density at radius 3 is 2.68 bits per heavy atom. The quantitative estimate of drug-likeness (QED) is 0.733. The lowest BCUT2D eigenvalue weighted by molar-refractivity contribution is 0.214. The number of hydrogen-bond acceptors (Lipinski definition) is 3. The Bertz CT molecular complexity index is 295. The highest BCUT2D eigenvalue weighted by Gasteiger charge is 2.42. The normalized spacial score (nSPS) is 27.1. The summed E-state index contributed by atoms with van der Waals surface area (Å²) in [6.45, 7) is 13.2. The molecular formula is C16H31N3. The minimum atomic E-state index is -0.244. The van der Waals surface area contributed by atoms with Crippen LogP contribution in [0.25, 0.3) is 0 Å². The predicted octanol–water partition coefficient (Wildman–Crippen LogP) is 3.03. The van der Waals surface area contributed by atoms with Crippen molar-refractivity contribution < 1.29 is 0 Å². The summed E-state index contributed by atoms with van der Waals surface area (Å²) in [6.07, 6.45) is 4.58. The zero-order valence-corrected chi connectivity index (χ0v) is 13.2. The molecule has 1 rings (SSSR count). The van der Waals surface area contributed by atoms with E-state index in [1.165, 1.54) is 19.4 Å². The van der Waals surface area contributed by atoms with Crippen LogP contribution in [-0.2, 0) is 0 Å². The van der Waals surface area contributed by atoms with Gasteiger partial charge in [-0.2, -0.15) is 5.26 Å². The van der Waals surface area contributed by atoms with Gasteiger partial charge in [-0.1, -0.05) is 34.1 Å². The topological polar surface area (TPSA) is 39.1 Å². The molecule has 0 heterocycles. The Balaban J connectivity index is 2.53. The van der Waals surface area contributed by atoms with Crippen LogP contribution in [0.4, 0.5) is 0 Å². The van der Waals surface area contributed by atoms with E-state index in [-0.39, 0.29) is 5.54 Å². The van der Waals surface area contributed by atoms with Gasteiger partial charge in [0.25, 0.3) is 0 Å². The Morgan fingerprint density at radius 2 is 2.16 bits per heavy atom. The standard InChI is InChI=1S/C16H31N3/c1-5-18-16(13-17)10-7-8-15(16)9-11-19(6-2)12-14(3)4/h14-15,18H,5-12H2,1-4H3. The zero-order chi connectivity index (χ0) is 14.3. The van der Waals surface area contributed by atoms with Crippen LogP contribution in [0.5, 0.6) is 0 Å². The van der Waals surface area contributed by atoms with Crippen molar-refractivity contribution in [1.82, 2.24) is 10.2 Å². The molecule has 0 aromatic heterocycles. The van der Waals surface area contributed by atoms with Gasteiger partial charge in [0.1, 0.15) is 5.54 Å². The van der Waals surface area contributed by atoms with Crippen molar-refractivity contribution in [3.63, 3.8) is 0 Å². The van der Waals surface area contributed by atoms with E-state index < -0.39 is 0 Å². The number of hydrogen-bond donors (Lipinski definition) is 1. The number of nitrogens with zero attached hydrogens (tertiary/aromatic N) is 2. The third kappa shape index (κ3) is 4.47. The molecule has 0 amide bonds. The van der Waals surface area contributed by atoms with Crippen LogP contribution >= 0.6 is 0 Å². The van der Waals surface area contributed by atoms with E-state index in [1.54, 1.807) is 0 Å². The van der Waals surface area contributed by atoms with E-state index in [2.05, 4.69) is 44.0 Å². The van der Waals surface area contributed by atoms with E-state index in [9.17, 15) is 5.26 Å². The summed E-state index contributed by atoms with van der Waals surface area (Å²) in [5.74, 6) is 1.25. The summed E-state index contributed by atoms with van der Waals surface area (Å²) in [5, 5.41) is 13.0. The Morgan fingerprint density at radius 1 is 1.42 bits per heavy atom. The molecule has 0 bridgehead atoms. The fraction of sp³-hybridized carbons (Fsp3) is 0.938.